The second-order valence-electron chi connectivity index (χ2n) is 5.39. The van der Waals surface area contributed by atoms with Crippen molar-refractivity contribution >= 4 is 11.0 Å². The normalized spacial score (nSPS) is 11.0. The van der Waals surface area contributed by atoms with Crippen molar-refractivity contribution in [3.05, 3.63) is 42.0 Å². The van der Waals surface area contributed by atoms with Crippen molar-refractivity contribution in [1.82, 2.24) is 9.55 Å². The van der Waals surface area contributed by atoms with Crippen LogP contribution in [0.5, 0.6) is 11.5 Å². The van der Waals surface area contributed by atoms with E-state index in [1.807, 2.05) is 24.3 Å². The lowest BCUT2D eigenvalue weighted by atomic mass is 10.1. The molecule has 0 radical (unpaired) electrons. The van der Waals surface area contributed by atoms with Crippen LogP contribution in [0.15, 0.2) is 36.4 Å². The summed E-state index contributed by atoms with van der Waals surface area (Å²) in [6, 6.07) is 12.1. The molecule has 1 aromatic heterocycles. The predicted octanol–water partition coefficient (Wildman–Crippen LogP) is 2.99. The van der Waals surface area contributed by atoms with E-state index in [1.54, 1.807) is 14.2 Å². The van der Waals surface area contributed by atoms with Gasteiger partial charge in [-0.15, -0.1) is 0 Å². The molecule has 5 heteroatoms. The number of hydrogen-bond donors (Lipinski definition) is 1. The number of hydrogen-bond acceptors (Lipinski definition) is 4. The summed E-state index contributed by atoms with van der Waals surface area (Å²) >= 11 is 0. The molecule has 5 nitrogen and oxygen atoms in total. The van der Waals surface area contributed by atoms with Crippen LogP contribution in [0.4, 0.5) is 0 Å². The quantitative estimate of drug-likeness (QED) is 0.787. The molecule has 0 amide bonds. The second-order valence-corrected chi connectivity index (χ2v) is 5.39. The van der Waals surface area contributed by atoms with Gasteiger partial charge in [0.2, 0.25) is 0 Å². The van der Waals surface area contributed by atoms with E-state index in [4.69, 9.17) is 20.2 Å². The van der Waals surface area contributed by atoms with Gasteiger partial charge in [-0.1, -0.05) is 24.3 Å². The number of imidazole rings is 1. The Labute approximate surface area is 135 Å². The fourth-order valence-corrected chi connectivity index (χ4v) is 2.84. The Morgan fingerprint density at radius 3 is 2.43 bits per heavy atom. The fourth-order valence-electron chi connectivity index (χ4n) is 2.84. The summed E-state index contributed by atoms with van der Waals surface area (Å²) < 4.78 is 12.9. The number of aromatic nitrogens is 2. The van der Waals surface area contributed by atoms with Gasteiger partial charge in [0.15, 0.2) is 11.5 Å². The SMILES string of the molecule is COc1cc2nc(-c3ccccc3C)n(CCN)c2cc1OC. The minimum atomic E-state index is 0.540. The van der Waals surface area contributed by atoms with Gasteiger partial charge < -0.3 is 19.8 Å². The number of ether oxygens (including phenoxy) is 2. The highest BCUT2D eigenvalue weighted by Gasteiger charge is 2.16. The lowest BCUT2D eigenvalue weighted by Crippen LogP contribution is -2.11. The third-order valence-corrected chi connectivity index (χ3v) is 3.99. The Hall–Kier alpha value is -2.53. The molecule has 0 atom stereocenters. The van der Waals surface area contributed by atoms with Crippen molar-refractivity contribution in [3.8, 4) is 22.9 Å². The van der Waals surface area contributed by atoms with Crippen molar-refractivity contribution in [2.45, 2.75) is 13.5 Å². The minimum Gasteiger partial charge on any atom is -0.493 e. The fraction of sp³-hybridized carbons (Fsp3) is 0.278. The van der Waals surface area contributed by atoms with Gasteiger partial charge >= 0.3 is 0 Å². The maximum Gasteiger partial charge on any atom is 0.163 e. The Balaban J connectivity index is 2.30. The number of rotatable bonds is 5. The monoisotopic (exact) mass is 311 g/mol. The summed E-state index contributed by atoms with van der Waals surface area (Å²) in [6.07, 6.45) is 0. The van der Waals surface area contributed by atoms with Crippen LogP contribution in [-0.2, 0) is 6.54 Å². The Morgan fingerprint density at radius 2 is 1.78 bits per heavy atom. The van der Waals surface area contributed by atoms with E-state index in [1.165, 1.54) is 5.56 Å². The van der Waals surface area contributed by atoms with Crippen LogP contribution in [0.1, 0.15) is 5.56 Å². The maximum absolute atomic E-state index is 5.82. The molecule has 0 unspecified atom stereocenters. The highest BCUT2D eigenvalue weighted by molar-refractivity contribution is 5.84. The summed E-state index contributed by atoms with van der Waals surface area (Å²) in [5.41, 5.74) is 9.97. The molecule has 3 rings (SSSR count). The number of fused-ring (bicyclic) bond motifs is 1. The Kier molecular flexibility index (Phi) is 4.21. The van der Waals surface area contributed by atoms with Crippen LogP contribution < -0.4 is 15.2 Å². The first-order valence-corrected chi connectivity index (χ1v) is 7.58. The number of aryl methyl sites for hydroxylation is 1. The zero-order valence-electron chi connectivity index (χ0n) is 13.7. The molecule has 120 valence electrons. The molecule has 23 heavy (non-hydrogen) atoms. The largest absolute Gasteiger partial charge is 0.493 e. The van der Waals surface area contributed by atoms with Crippen molar-refractivity contribution in [2.75, 3.05) is 20.8 Å². The number of methoxy groups -OCH3 is 2. The van der Waals surface area contributed by atoms with Gasteiger partial charge in [-0.2, -0.15) is 0 Å². The lowest BCUT2D eigenvalue weighted by molar-refractivity contribution is 0.355. The van der Waals surface area contributed by atoms with E-state index in [2.05, 4.69) is 23.6 Å². The van der Waals surface area contributed by atoms with Crippen LogP contribution in [0.2, 0.25) is 0 Å². The van der Waals surface area contributed by atoms with E-state index in [-0.39, 0.29) is 0 Å². The third kappa shape index (κ3) is 2.64. The van der Waals surface area contributed by atoms with Crippen LogP contribution in [0.3, 0.4) is 0 Å². The minimum absolute atomic E-state index is 0.540. The molecule has 0 aliphatic carbocycles. The van der Waals surface area contributed by atoms with Crippen molar-refractivity contribution < 1.29 is 9.47 Å². The van der Waals surface area contributed by atoms with E-state index in [9.17, 15) is 0 Å². The average Bonchev–Trinajstić information content (AvgIpc) is 2.92. The molecule has 3 aromatic rings. The molecule has 0 bridgehead atoms. The molecule has 0 aliphatic rings. The summed E-state index contributed by atoms with van der Waals surface area (Å²) in [5, 5.41) is 0. The van der Waals surface area contributed by atoms with Gasteiger partial charge in [0.25, 0.3) is 0 Å². The number of benzene rings is 2. The van der Waals surface area contributed by atoms with Gasteiger partial charge in [-0.05, 0) is 12.5 Å². The lowest BCUT2D eigenvalue weighted by Gasteiger charge is -2.11. The average molecular weight is 311 g/mol. The molecule has 1 heterocycles. The van der Waals surface area contributed by atoms with Gasteiger partial charge in [0, 0.05) is 30.8 Å². The van der Waals surface area contributed by atoms with Gasteiger partial charge in [-0.25, -0.2) is 4.98 Å². The maximum atomic E-state index is 5.82. The van der Waals surface area contributed by atoms with Gasteiger partial charge in [0.1, 0.15) is 5.82 Å². The summed E-state index contributed by atoms with van der Waals surface area (Å²) in [6.45, 7) is 3.32. The highest BCUT2D eigenvalue weighted by Crippen LogP contribution is 2.35. The topological polar surface area (TPSA) is 62.3 Å². The first-order valence-electron chi connectivity index (χ1n) is 7.58. The second kappa shape index (κ2) is 6.30. The number of nitrogens with zero attached hydrogens (tertiary/aromatic N) is 2. The molecule has 0 aliphatic heterocycles. The summed E-state index contributed by atoms with van der Waals surface area (Å²) in [7, 11) is 3.26. The first-order chi connectivity index (χ1) is 11.2. The van der Waals surface area contributed by atoms with Gasteiger partial charge in [-0.3, -0.25) is 0 Å². The molecule has 0 spiro atoms. The zero-order valence-corrected chi connectivity index (χ0v) is 13.7. The van der Waals surface area contributed by atoms with Crippen LogP contribution in [-0.4, -0.2) is 30.3 Å². The molecule has 2 N–H and O–H groups in total. The van der Waals surface area contributed by atoms with Crippen molar-refractivity contribution in [1.29, 1.82) is 0 Å². The van der Waals surface area contributed by atoms with E-state index < -0.39 is 0 Å². The predicted molar refractivity (Wildman–Crippen MR) is 92.1 cm³/mol. The molecule has 0 saturated heterocycles. The standard InChI is InChI=1S/C18H21N3O2/c1-12-6-4-5-7-13(12)18-20-14-10-16(22-2)17(23-3)11-15(14)21(18)9-8-19/h4-7,10-11H,8-9,19H2,1-3H3. The van der Waals surface area contributed by atoms with Gasteiger partial charge in [0.05, 0.1) is 25.3 Å². The first kappa shape index (κ1) is 15.4. The highest BCUT2D eigenvalue weighted by atomic mass is 16.5. The number of nitrogens with two attached hydrogens (primary N) is 1. The van der Waals surface area contributed by atoms with Crippen LogP contribution >= 0.6 is 0 Å². The van der Waals surface area contributed by atoms with E-state index in [0.717, 1.165) is 22.4 Å². The Morgan fingerprint density at radius 1 is 1.09 bits per heavy atom. The summed E-state index contributed by atoms with van der Waals surface area (Å²) in [4.78, 5) is 4.82. The molecule has 0 fully saturated rings. The third-order valence-electron chi connectivity index (χ3n) is 3.99. The van der Waals surface area contributed by atoms with E-state index in [0.29, 0.717) is 24.6 Å². The van der Waals surface area contributed by atoms with E-state index >= 15 is 0 Å². The van der Waals surface area contributed by atoms with Crippen molar-refractivity contribution in [3.63, 3.8) is 0 Å². The molecule has 0 saturated carbocycles. The summed E-state index contributed by atoms with van der Waals surface area (Å²) in [5.74, 6) is 2.28. The molecule has 2 aromatic carbocycles. The van der Waals surface area contributed by atoms with Crippen LogP contribution in [0.25, 0.3) is 22.4 Å². The molecular weight excluding hydrogens is 290 g/mol. The Bertz CT molecular complexity index is 840. The van der Waals surface area contributed by atoms with Crippen molar-refractivity contribution in [2.24, 2.45) is 5.73 Å². The smallest absolute Gasteiger partial charge is 0.163 e. The molecular formula is C18H21N3O2. The zero-order chi connectivity index (χ0) is 16.4. The van der Waals surface area contributed by atoms with Crippen LogP contribution in [0, 0.1) is 6.92 Å².